The Labute approximate surface area is 137 Å². The summed E-state index contributed by atoms with van der Waals surface area (Å²) in [5, 5.41) is 1.16. The number of carbonyl (C=O) groups is 1. The van der Waals surface area contributed by atoms with Gasteiger partial charge in [0.05, 0.1) is 5.56 Å². The van der Waals surface area contributed by atoms with Crippen LogP contribution in [0.3, 0.4) is 0 Å². The number of hydrogen-bond donors (Lipinski definition) is 2. The van der Waals surface area contributed by atoms with Crippen LogP contribution in [0.25, 0.3) is 10.9 Å². The predicted molar refractivity (Wildman–Crippen MR) is 88.8 cm³/mol. The molecule has 0 saturated carbocycles. The molecule has 0 unspecified atom stereocenters. The molecule has 1 aromatic heterocycles. The van der Waals surface area contributed by atoms with E-state index in [0.29, 0.717) is 17.1 Å². The van der Waals surface area contributed by atoms with Crippen molar-refractivity contribution >= 4 is 28.4 Å². The zero-order chi connectivity index (χ0) is 16.6. The number of hydrazine groups is 1. The van der Waals surface area contributed by atoms with Crippen LogP contribution in [0.5, 0.6) is 0 Å². The van der Waals surface area contributed by atoms with Crippen molar-refractivity contribution in [1.82, 2.24) is 9.99 Å². The molecule has 0 spiro atoms. The minimum absolute atomic E-state index is 0.345. The number of para-hydroxylation sites is 1. The first-order valence-electron chi connectivity index (χ1n) is 7.05. The summed E-state index contributed by atoms with van der Waals surface area (Å²) >= 11 is 6.13. The van der Waals surface area contributed by atoms with Crippen molar-refractivity contribution in [2.45, 2.75) is 13.5 Å². The number of aromatic nitrogens is 1. The van der Waals surface area contributed by atoms with Crippen molar-refractivity contribution in [2.75, 3.05) is 0 Å². The first-order chi connectivity index (χ1) is 11.0. The molecule has 0 aliphatic heterocycles. The summed E-state index contributed by atoms with van der Waals surface area (Å²) in [6.45, 7) is 2.28. The normalized spacial score (nSPS) is 11.0. The highest BCUT2D eigenvalue weighted by Gasteiger charge is 2.19. The summed E-state index contributed by atoms with van der Waals surface area (Å²) in [6, 6.07) is 11.9. The summed E-state index contributed by atoms with van der Waals surface area (Å²) in [5.74, 6) is 4.57. The van der Waals surface area contributed by atoms with Crippen LogP contribution in [0.2, 0.25) is 5.02 Å². The Morgan fingerprint density at radius 3 is 2.74 bits per heavy atom. The third-order valence-electron chi connectivity index (χ3n) is 3.93. The molecule has 118 valence electrons. The van der Waals surface area contributed by atoms with E-state index in [1.54, 1.807) is 6.07 Å². The predicted octanol–water partition coefficient (Wildman–Crippen LogP) is 3.39. The molecule has 0 aliphatic carbocycles. The van der Waals surface area contributed by atoms with Gasteiger partial charge < -0.3 is 4.57 Å². The van der Waals surface area contributed by atoms with Gasteiger partial charge in [-0.15, -0.1) is 0 Å². The third kappa shape index (κ3) is 2.69. The van der Waals surface area contributed by atoms with Gasteiger partial charge in [-0.25, -0.2) is 10.2 Å². The minimum atomic E-state index is -0.379. The van der Waals surface area contributed by atoms with Gasteiger partial charge >= 0.3 is 0 Å². The number of nitrogens with zero attached hydrogens (tertiary/aromatic N) is 1. The second kappa shape index (κ2) is 6.02. The third-order valence-corrected chi connectivity index (χ3v) is 4.28. The van der Waals surface area contributed by atoms with Crippen molar-refractivity contribution < 1.29 is 9.18 Å². The fourth-order valence-electron chi connectivity index (χ4n) is 2.81. The molecule has 0 fully saturated rings. The minimum Gasteiger partial charge on any atom is -0.340 e. The number of carbonyl (C=O) groups excluding carboxylic acids is 1. The topological polar surface area (TPSA) is 60.1 Å². The van der Waals surface area contributed by atoms with E-state index in [-0.39, 0.29) is 11.7 Å². The fourth-order valence-corrected chi connectivity index (χ4v) is 3.04. The molecule has 0 aliphatic rings. The zero-order valence-corrected chi connectivity index (χ0v) is 13.2. The Hall–Kier alpha value is -2.37. The lowest BCUT2D eigenvalue weighted by Gasteiger charge is -2.10. The maximum atomic E-state index is 13.2. The maximum Gasteiger partial charge on any atom is 0.267 e. The summed E-state index contributed by atoms with van der Waals surface area (Å²) in [7, 11) is 0. The summed E-state index contributed by atoms with van der Waals surface area (Å²) < 4.78 is 15.2. The van der Waals surface area contributed by atoms with Crippen LogP contribution >= 0.6 is 11.6 Å². The molecule has 0 atom stereocenters. The molecule has 4 nitrogen and oxygen atoms in total. The lowest BCUT2D eigenvalue weighted by molar-refractivity contribution is 0.0954. The highest BCUT2D eigenvalue weighted by molar-refractivity contribution is 6.31. The molecule has 6 heteroatoms. The van der Waals surface area contributed by atoms with Crippen LogP contribution in [-0.4, -0.2) is 10.5 Å². The van der Waals surface area contributed by atoms with Crippen LogP contribution in [0, 0.1) is 12.7 Å². The van der Waals surface area contributed by atoms with Crippen molar-refractivity contribution in [2.24, 2.45) is 5.84 Å². The Bertz CT molecular complexity index is 904. The van der Waals surface area contributed by atoms with E-state index >= 15 is 0 Å². The van der Waals surface area contributed by atoms with Crippen LogP contribution in [0.15, 0.2) is 42.5 Å². The molecule has 1 amide bonds. The smallest absolute Gasteiger partial charge is 0.267 e. The average molecular weight is 332 g/mol. The number of nitrogens with one attached hydrogen (secondary N) is 1. The number of nitrogens with two attached hydrogens (primary N) is 1. The molecule has 0 radical (unpaired) electrons. The van der Waals surface area contributed by atoms with Crippen molar-refractivity contribution in [3.63, 3.8) is 0 Å². The van der Waals surface area contributed by atoms with Gasteiger partial charge in [-0.1, -0.05) is 35.9 Å². The van der Waals surface area contributed by atoms with Crippen LogP contribution < -0.4 is 11.3 Å². The first kappa shape index (κ1) is 15.5. The Morgan fingerprint density at radius 2 is 2.04 bits per heavy atom. The van der Waals surface area contributed by atoms with Gasteiger partial charge in [-0.3, -0.25) is 10.2 Å². The van der Waals surface area contributed by atoms with Gasteiger partial charge in [0.15, 0.2) is 0 Å². The fraction of sp³-hybridized carbons (Fsp3) is 0.118. The number of fused-ring (bicyclic) bond motifs is 1. The SMILES string of the molecule is Cc1c(C(=O)NN)c2ccccc2n1Cc1ccc(F)cc1Cl. The van der Waals surface area contributed by atoms with E-state index in [1.165, 1.54) is 12.1 Å². The summed E-state index contributed by atoms with van der Waals surface area (Å²) in [5.41, 5.74) is 5.15. The Morgan fingerprint density at radius 1 is 1.30 bits per heavy atom. The summed E-state index contributed by atoms with van der Waals surface area (Å²) in [4.78, 5) is 12.1. The number of amides is 1. The van der Waals surface area contributed by atoms with Gasteiger partial charge in [0.2, 0.25) is 0 Å². The molecule has 23 heavy (non-hydrogen) atoms. The lowest BCUT2D eigenvalue weighted by Crippen LogP contribution is -2.30. The second-order valence-corrected chi connectivity index (χ2v) is 5.68. The van der Waals surface area contributed by atoms with Crippen LogP contribution in [-0.2, 0) is 6.54 Å². The Kier molecular flexibility index (Phi) is 4.07. The molecule has 0 bridgehead atoms. The highest BCUT2D eigenvalue weighted by Crippen LogP contribution is 2.28. The largest absolute Gasteiger partial charge is 0.340 e. The van der Waals surface area contributed by atoms with Gasteiger partial charge in [0.25, 0.3) is 5.91 Å². The van der Waals surface area contributed by atoms with E-state index in [4.69, 9.17) is 17.4 Å². The van der Waals surface area contributed by atoms with Crippen LogP contribution in [0.4, 0.5) is 4.39 Å². The molecule has 1 heterocycles. The first-order valence-corrected chi connectivity index (χ1v) is 7.43. The van der Waals surface area contributed by atoms with E-state index in [2.05, 4.69) is 5.43 Å². The van der Waals surface area contributed by atoms with Gasteiger partial charge in [-0.05, 0) is 30.7 Å². The molecule has 2 aromatic carbocycles. The quantitative estimate of drug-likeness (QED) is 0.439. The molecular weight excluding hydrogens is 317 g/mol. The summed E-state index contributed by atoms with van der Waals surface area (Å²) in [6.07, 6.45) is 0. The highest BCUT2D eigenvalue weighted by atomic mass is 35.5. The molecule has 0 saturated heterocycles. The second-order valence-electron chi connectivity index (χ2n) is 5.27. The zero-order valence-electron chi connectivity index (χ0n) is 12.4. The number of rotatable bonds is 3. The van der Waals surface area contributed by atoms with Gasteiger partial charge in [-0.2, -0.15) is 0 Å². The maximum absolute atomic E-state index is 13.2. The van der Waals surface area contributed by atoms with Crippen molar-refractivity contribution in [1.29, 1.82) is 0 Å². The number of hydrogen-bond acceptors (Lipinski definition) is 2. The van der Waals surface area contributed by atoms with Crippen molar-refractivity contribution in [3.05, 3.63) is 70.1 Å². The Balaban J connectivity index is 2.17. The van der Waals surface area contributed by atoms with Gasteiger partial charge in [0.1, 0.15) is 5.82 Å². The number of benzene rings is 2. The number of nitrogen functional groups attached to an aromatic ring is 1. The standard InChI is InChI=1S/C17H15ClFN3O/c1-10-16(17(23)21-20)13-4-2-3-5-15(13)22(10)9-11-6-7-12(19)8-14(11)18/h2-8H,9,20H2,1H3,(H,21,23). The van der Waals surface area contributed by atoms with E-state index in [0.717, 1.165) is 22.2 Å². The molecule has 3 aromatic rings. The monoisotopic (exact) mass is 331 g/mol. The van der Waals surface area contributed by atoms with E-state index in [9.17, 15) is 9.18 Å². The average Bonchev–Trinajstić information content (AvgIpc) is 2.81. The van der Waals surface area contributed by atoms with E-state index in [1.807, 2.05) is 35.8 Å². The van der Waals surface area contributed by atoms with Gasteiger partial charge in [0, 0.05) is 28.2 Å². The molecule has 3 rings (SSSR count). The molecular formula is C17H15ClFN3O. The molecule has 3 N–H and O–H groups in total. The van der Waals surface area contributed by atoms with Crippen molar-refractivity contribution in [3.8, 4) is 0 Å². The number of halogens is 2. The van der Waals surface area contributed by atoms with E-state index < -0.39 is 0 Å². The van der Waals surface area contributed by atoms with Crippen LogP contribution in [0.1, 0.15) is 21.6 Å². The lowest BCUT2D eigenvalue weighted by atomic mass is 10.1.